The maximum atomic E-state index is 12.6. The van der Waals surface area contributed by atoms with Crippen molar-refractivity contribution in [2.45, 2.75) is 20.8 Å². The Kier molecular flexibility index (Phi) is 6.65. The molecule has 0 aliphatic carbocycles. The van der Waals surface area contributed by atoms with Crippen molar-refractivity contribution in [3.8, 4) is 17.2 Å². The van der Waals surface area contributed by atoms with E-state index in [0.29, 0.717) is 23.6 Å². The predicted octanol–water partition coefficient (Wildman–Crippen LogP) is 3.43. The number of ether oxygens (including phenoxy) is 3. The summed E-state index contributed by atoms with van der Waals surface area (Å²) in [6.07, 6.45) is 0. The van der Waals surface area contributed by atoms with Crippen molar-refractivity contribution in [3.05, 3.63) is 47.0 Å². The molecule has 0 saturated heterocycles. The first kappa shape index (κ1) is 20.1. The molecular formula is C20H23NO6. The Hall–Kier alpha value is -3.22. The van der Waals surface area contributed by atoms with Gasteiger partial charge >= 0.3 is 5.97 Å². The smallest absolute Gasteiger partial charge is 0.341 e. The van der Waals surface area contributed by atoms with Crippen LogP contribution >= 0.6 is 0 Å². The van der Waals surface area contributed by atoms with Gasteiger partial charge in [-0.25, -0.2) is 4.79 Å². The van der Waals surface area contributed by atoms with Gasteiger partial charge < -0.3 is 24.6 Å². The second-order valence-electron chi connectivity index (χ2n) is 5.82. The SMILES string of the molecule is CCOc1cc(C(=O)Nc2ccc(C)c(OC)c2C)ccc1OCC(=O)O. The highest BCUT2D eigenvalue weighted by Crippen LogP contribution is 2.31. The van der Waals surface area contributed by atoms with E-state index in [2.05, 4.69) is 5.32 Å². The summed E-state index contributed by atoms with van der Waals surface area (Å²) in [6, 6.07) is 8.28. The summed E-state index contributed by atoms with van der Waals surface area (Å²) in [5, 5.41) is 11.6. The van der Waals surface area contributed by atoms with Gasteiger partial charge in [-0.2, -0.15) is 0 Å². The molecule has 2 aromatic rings. The van der Waals surface area contributed by atoms with E-state index in [9.17, 15) is 9.59 Å². The minimum absolute atomic E-state index is 0.268. The Balaban J connectivity index is 2.26. The van der Waals surface area contributed by atoms with Crippen molar-refractivity contribution in [2.75, 3.05) is 25.6 Å². The van der Waals surface area contributed by atoms with Gasteiger partial charge in [-0.05, 0) is 50.6 Å². The first-order chi connectivity index (χ1) is 12.9. The van der Waals surface area contributed by atoms with Crippen molar-refractivity contribution in [1.82, 2.24) is 0 Å². The molecule has 2 aromatic carbocycles. The number of carboxylic acids is 1. The first-order valence-corrected chi connectivity index (χ1v) is 8.44. The lowest BCUT2D eigenvalue weighted by Crippen LogP contribution is -2.14. The molecule has 0 fully saturated rings. The highest BCUT2D eigenvalue weighted by atomic mass is 16.5. The van der Waals surface area contributed by atoms with E-state index in [1.807, 2.05) is 26.0 Å². The Morgan fingerprint density at radius 2 is 1.81 bits per heavy atom. The normalized spacial score (nSPS) is 10.2. The standard InChI is InChI=1S/C20H23NO6/c1-5-26-17-10-14(7-9-16(17)27-11-18(22)23)20(24)21-15-8-6-12(2)19(25-4)13(15)3/h6-10H,5,11H2,1-4H3,(H,21,24)(H,22,23). The minimum atomic E-state index is -1.09. The summed E-state index contributed by atoms with van der Waals surface area (Å²) in [7, 11) is 1.59. The molecule has 0 bridgehead atoms. The maximum Gasteiger partial charge on any atom is 0.341 e. The first-order valence-electron chi connectivity index (χ1n) is 8.44. The molecule has 0 aliphatic rings. The zero-order chi connectivity index (χ0) is 20.0. The third-order valence-corrected chi connectivity index (χ3v) is 3.91. The van der Waals surface area contributed by atoms with Gasteiger partial charge in [0.1, 0.15) is 5.75 Å². The molecule has 0 spiro atoms. The number of benzene rings is 2. The summed E-state index contributed by atoms with van der Waals surface area (Å²) in [6.45, 7) is 5.45. The van der Waals surface area contributed by atoms with Crippen LogP contribution in [0.15, 0.2) is 30.3 Å². The van der Waals surface area contributed by atoms with Gasteiger partial charge in [-0.15, -0.1) is 0 Å². The van der Waals surface area contributed by atoms with Crippen molar-refractivity contribution >= 4 is 17.6 Å². The number of hydrogen-bond acceptors (Lipinski definition) is 5. The fourth-order valence-electron chi connectivity index (χ4n) is 2.65. The highest BCUT2D eigenvalue weighted by Gasteiger charge is 2.15. The third kappa shape index (κ3) is 4.91. The highest BCUT2D eigenvalue weighted by molar-refractivity contribution is 6.05. The molecule has 2 rings (SSSR count). The van der Waals surface area contributed by atoms with Crippen molar-refractivity contribution in [2.24, 2.45) is 0 Å². The Bertz CT molecular complexity index is 847. The number of rotatable bonds is 8. The van der Waals surface area contributed by atoms with Gasteiger partial charge in [0.05, 0.1) is 13.7 Å². The molecule has 0 radical (unpaired) electrons. The topological polar surface area (TPSA) is 94.1 Å². The number of carbonyl (C=O) groups excluding carboxylic acids is 1. The summed E-state index contributed by atoms with van der Waals surface area (Å²) >= 11 is 0. The summed E-state index contributed by atoms with van der Waals surface area (Å²) in [5.41, 5.74) is 2.82. The molecule has 27 heavy (non-hydrogen) atoms. The molecule has 2 N–H and O–H groups in total. The molecule has 7 heteroatoms. The van der Waals surface area contributed by atoms with Gasteiger partial charge in [-0.1, -0.05) is 6.07 Å². The molecule has 0 atom stereocenters. The second-order valence-corrected chi connectivity index (χ2v) is 5.82. The molecule has 0 saturated carbocycles. The van der Waals surface area contributed by atoms with Crippen molar-refractivity contribution in [3.63, 3.8) is 0 Å². The summed E-state index contributed by atoms with van der Waals surface area (Å²) in [5.74, 6) is -0.119. The lowest BCUT2D eigenvalue weighted by molar-refractivity contribution is -0.139. The summed E-state index contributed by atoms with van der Waals surface area (Å²) in [4.78, 5) is 23.3. The number of hydrogen-bond donors (Lipinski definition) is 2. The van der Waals surface area contributed by atoms with Gasteiger partial charge in [0, 0.05) is 16.8 Å². The van der Waals surface area contributed by atoms with Crippen LogP contribution < -0.4 is 19.5 Å². The quantitative estimate of drug-likeness (QED) is 0.736. The van der Waals surface area contributed by atoms with E-state index in [1.54, 1.807) is 20.1 Å². The molecule has 0 aromatic heterocycles. The van der Waals surface area contributed by atoms with Crippen LogP contribution in [0, 0.1) is 13.8 Å². The van der Waals surface area contributed by atoms with Crippen molar-refractivity contribution in [1.29, 1.82) is 0 Å². The van der Waals surface area contributed by atoms with Gasteiger partial charge in [-0.3, -0.25) is 4.79 Å². The van der Waals surface area contributed by atoms with Crippen LogP contribution in [0.4, 0.5) is 5.69 Å². The number of nitrogens with one attached hydrogen (secondary N) is 1. The van der Waals surface area contributed by atoms with E-state index < -0.39 is 12.6 Å². The minimum Gasteiger partial charge on any atom is -0.496 e. The molecule has 7 nitrogen and oxygen atoms in total. The number of carboxylic acid groups (broad SMARTS) is 1. The third-order valence-electron chi connectivity index (χ3n) is 3.91. The van der Waals surface area contributed by atoms with Crippen LogP contribution in [0.2, 0.25) is 0 Å². The number of carbonyl (C=O) groups is 2. The van der Waals surface area contributed by atoms with E-state index >= 15 is 0 Å². The Morgan fingerprint density at radius 3 is 2.44 bits per heavy atom. The van der Waals surface area contributed by atoms with E-state index in [4.69, 9.17) is 19.3 Å². The lowest BCUT2D eigenvalue weighted by Gasteiger charge is -2.15. The number of methoxy groups -OCH3 is 1. The molecule has 1 amide bonds. The fourth-order valence-corrected chi connectivity index (χ4v) is 2.65. The van der Waals surface area contributed by atoms with Gasteiger partial charge in [0.25, 0.3) is 5.91 Å². The summed E-state index contributed by atoms with van der Waals surface area (Å²) < 4.78 is 16.0. The average molecular weight is 373 g/mol. The fraction of sp³-hybridized carbons (Fsp3) is 0.300. The van der Waals surface area contributed by atoms with E-state index in [0.717, 1.165) is 16.9 Å². The number of amides is 1. The largest absolute Gasteiger partial charge is 0.496 e. The maximum absolute atomic E-state index is 12.6. The van der Waals surface area contributed by atoms with Crippen LogP contribution in [0.3, 0.4) is 0 Å². The van der Waals surface area contributed by atoms with Crippen LogP contribution in [0.25, 0.3) is 0 Å². The number of anilines is 1. The Labute approximate surface area is 157 Å². The Morgan fingerprint density at radius 1 is 1.07 bits per heavy atom. The molecular weight excluding hydrogens is 350 g/mol. The van der Waals surface area contributed by atoms with Gasteiger partial charge in [0.15, 0.2) is 18.1 Å². The van der Waals surface area contributed by atoms with Crippen LogP contribution in [-0.2, 0) is 4.79 Å². The van der Waals surface area contributed by atoms with Crippen LogP contribution in [-0.4, -0.2) is 37.3 Å². The zero-order valence-electron chi connectivity index (χ0n) is 15.8. The van der Waals surface area contributed by atoms with Crippen LogP contribution in [0.1, 0.15) is 28.4 Å². The number of aryl methyl sites for hydroxylation is 1. The predicted molar refractivity (Wildman–Crippen MR) is 101 cm³/mol. The van der Waals surface area contributed by atoms with Crippen molar-refractivity contribution < 1.29 is 28.9 Å². The molecule has 0 aliphatic heterocycles. The molecule has 0 heterocycles. The lowest BCUT2D eigenvalue weighted by atomic mass is 10.1. The second kappa shape index (κ2) is 8.93. The molecule has 0 unspecified atom stereocenters. The average Bonchev–Trinajstić information content (AvgIpc) is 2.63. The monoisotopic (exact) mass is 373 g/mol. The van der Waals surface area contributed by atoms with E-state index in [1.165, 1.54) is 12.1 Å². The van der Waals surface area contributed by atoms with Crippen LogP contribution in [0.5, 0.6) is 17.2 Å². The number of aliphatic carboxylic acids is 1. The zero-order valence-corrected chi connectivity index (χ0v) is 15.8. The van der Waals surface area contributed by atoms with Gasteiger partial charge in [0.2, 0.25) is 0 Å². The molecule has 144 valence electrons. The van der Waals surface area contributed by atoms with E-state index in [-0.39, 0.29) is 11.7 Å².